The molecule has 0 spiro atoms. The summed E-state index contributed by atoms with van der Waals surface area (Å²) < 4.78 is 0. The molecule has 0 aromatic rings. The van der Waals surface area contributed by atoms with Gasteiger partial charge in [-0.15, -0.1) is 0 Å². The van der Waals surface area contributed by atoms with Crippen LogP contribution in [0.1, 0.15) is 72.1 Å². The minimum absolute atomic E-state index is 0.595. The maximum absolute atomic E-state index is 3.42. The Bertz CT molecular complexity index is 403. The van der Waals surface area contributed by atoms with Crippen LogP contribution in [0.4, 0.5) is 0 Å². The van der Waals surface area contributed by atoms with Crippen molar-refractivity contribution in [3.05, 3.63) is 0 Å². The van der Waals surface area contributed by atoms with Crippen LogP contribution >= 0.6 is 0 Å². The van der Waals surface area contributed by atoms with Gasteiger partial charge in [0.2, 0.25) is 0 Å². The van der Waals surface area contributed by atoms with Crippen molar-refractivity contribution in [3.63, 3.8) is 0 Å². The van der Waals surface area contributed by atoms with E-state index in [1.165, 1.54) is 51.4 Å². The van der Waals surface area contributed by atoms with E-state index in [0.717, 1.165) is 23.7 Å². The summed E-state index contributed by atoms with van der Waals surface area (Å²) in [4.78, 5) is 0. The predicted molar refractivity (Wildman–Crippen MR) is 87.0 cm³/mol. The Morgan fingerprint density at radius 3 is 2.25 bits per heavy atom. The summed E-state index contributed by atoms with van der Waals surface area (Å²) in [6.07, 6.45) is 11.5. The minimum Gasteiger partial charge on any atom is -0.0925 e. The predicted octanol–water partition coefficient (Wildman–Crippen LogP) is 5.28. The third-order valence-electron chi connectivity index (χ3n) is 5.55. The molecule has 2 aliphatic rings. The topological polar surface area (TPSA) is 0 Å². The van der Waals surface area contributed by atoms with Gasteiger partial charge in [0.05, 0.1) is 0 Å². The molecule has 1 unspecified atom stereocenters. The molecule has 0 heteroatoms. The lowest BCUT2D eigenvalue weighted by molar-refractivity contribution is 0.177. The van der Waals surface area contributed by atoms with E-state index in [0.29, 0.717) is 5.92 Å². The van der Waals surface area contributed by atoms with Gasteiger partial charge in [-0.05, 0) is 61.7 Å². The highest BCUT2D eigenvalue weighted by molar-refractivity contribution is 5.26. The summed E-state index contributed by atoms with van der Waals surface area (Å²) in [7, 11) is 0. The first kappa shape index (κ1) is 15.5. The Balaban J connectivity index is 1.84. The first-order chi connectivity index (χ1) is 9.69. The summed E-state index contributed by atoms with van der Waals surface area (Å²) >= 11 is 0. The molecular formula is C20H30. The van der Waals surface area contributed by atoms with Crippen molar-refractivity contribution in [1.82, 2.24) is 0 Å². The van der Waals surface area contributed by atoms with Crippen LogP contribution in [0.3, 0.4) is 0 Å². The maximum atomic E-state index is 3.42. The van der Waals surface area contributed by atoms with Crippen LogP contribution in [0.5, 0.6) is 0 Å². The first-order valence-corrected chi connectivity index (χ1v) is 8.61. The number of hydrogen-bond donors (Lipinski definition) is 0. The molecule has 0 N–H and O–H groups in total. The van der Waals surface area contributed by atoms with Crippen LogP contribution < -0.4 is 0 Å². The molecule has 0 aromatic heterocycles. The van der Waals surface area contributed by atoms with Crippen molar-refractivity contribution in [2.45, 2.75) is 72.1 Å². The molecule has 3 atom stereocenters. The van der Waals surface area contributed by atoms with Crippen LogP contribution in [0.25, 0.3) is 0 Å². The van der Waals surface area contributed by atoms with Crippen LogP contribution in [0.15, 0.2) is 0 Å². The molecule has 2 fully saturated rings. The first-order valence-electron chi connectivity index (χ1n) is 8.61. The van der Waals surface area contributed by atoms with Crippen LogP contribution in [-0.2, 0) is 0 Å². The van der Waals surface area contributed by atoms with Gasteiger partial charge in [-0.25, -0.2) is 0 Å². The van der Waals surface area contributed by atoms with Gasteiger partial charge in [-0.3, -0.25) is 0 Å². The lowest BCUT2D eigenvalue weighted by atomic mass is 9.70. The van der Waals surface area contributed by atoms with E-state index in [-0.39, 0.29) is 0 Å². The average molecular weight is 270 g/mol. The standard InChI is InChI=1S/C20H30/c1-4-5-6-7-20-15-19(13-10-17(20)3)14-18-11-8-16(2)9-12-18/h16-20H,8-15H2,1-3H3/t16?,17-,18?,19+,20?/m1/s1. The SMILES string of the molecule is CC#CC#CC1C[C@H](CC2CCC(C)CC2)CC[C@H]1C. The quantitative estimate of drug-likeness (QED) is 0.599. The van der Waals surface area contributed by atoms with Gasteiger partial charge in [0.25, 0.3) is 0 Å². The third-order valence-corrected chi connectivity index (χ3v) is 5.55. The molecule has 110 valence electrons. The van der Waals surface area contributed by atoms with Crippen molar-refractivity contribution in [3.8, 4) is 23.7 Å². The zero-order chi connectivity index (χ0) is 14.4. The molecule has 0 amide bonds. The molecule has 0 aliphatic heterocycles. The fourth-order valence-electron chi connectivity index (χ4n) is 4.05. The average Bonchev–Trinajstić information content (AvgIpc) is 2.45. The molecule has 20 heavy (non-hydrogen) atoms. The molecule has 0 heterocycles. The number of hydrogen-bond acceptors (Lipinski definition) is 0. The smallest absolute Gasteiger partial charge is 0.0241 e. The second-order valence-electron chi connectivity index (χ2n) is 7.27. The normalized spacial score (nSPS) is 37.2. The molecule has 0 aromatic carbocycles. The molecule has 2 aliphatic carbocycles. The fraction of sp³-hybridized carbons (Fsp3) is 0.800. The zero-order valence-electron chi connectivity index (χ0n) is 13.5. The van der Waals surface area contributed by atoms with Gasteiger partial charge in [-0.2, -0.15) is 0 Å². The van der Waals surface area contributed by atoms with E-state index in [1.54, 1.807) is 0 Å². The van der Waals surface area contributed by atoms with Crippen molar-refractivity contribution >= 4 is 0 Å². The lowest BCUT2D eigenvalue weighted by Crippen LogP contribution is -2.24. The maximum Gasteiger partial charge on any atom is 0.0241 e. The Morgan fingerprint density at radius 1 is 0.850 bits per heavy atom. The van der Waals surface area contributed by atoms with E-state index in [1.807, 2.05) is 6.92 Å². The van der Waals surface area contributed by atoms with Gasteiger partial charge >= 0.3 is 0 Å². The van der Waals surface area contributed by atoms with Crippen molar-refractivity contribution in [2.75, 3.05) is 0 Å². The molecular weight excluding hydrogens is 240 g/mol. The van der Waals surface area contributed by atoms with E-state index >= 15 is 0 Å². The van der Waals surface area contributed by atoms with E-state index < -0.39 is 0 Å². The second-order valence-corrected chi connectivity index (χ2v) is 7.27. The van der Waals surface area contributed by atoms with Crippen molar-refractivity contribution < 1.29 is 0 Å². The second kappa shape index (κ2) is 7.78. The van der Waals surface area contributed by atoms with Gasteiger partial charge in [0.1, 0.15) is 0 Å². The largest absolute Gasteiger partial charge is 0.0925 e. The van der Waals surface area contributed by atoms with Crippen molar-refractivity contribution in [1.29, 1.82) is 0 Å². The van der Waals surface area contributed by atoms with E-state index in [4.69, 9.17) is 0 Å². The highest BCUT2D eigenvalue weighted by atomic mass is 14.3. The van der Waals surface area contributed by atoms with Gasteiger partial charge in [0, 0.05) is 5.92 Å². The van der Waals surface area contributed by atoms with E-state index in [2.05, 4.69) is 37.5 Å². The molecule has 0 saturated heterocycles. The monoisotopic (exact) mass is 270 g/mol. The Morgan fingerprint density at radius 2 is 1.55 bits per heavy atom. The molecule has 2 rings (SSSR count). The highest BCUT2D eigenvalue weighted by Crippen LogP contribution is 2.40. The van der Waals surface area contributed by atoms with Gasteiger partial charge in [0.15, 0.2) is 0 Å². The van der Waals surface area contributed by atoms with Crippen LogP contribution in [0, 0.1) is 53.3 Å². The van der Waals surface area contributed by atoms with E-state index in [9.17, 15) is 0 Å². The number of rotatable bonds is 2. The highest BCUT2D eigenvalue weighted by Gasteiger charge is 2.29. The Hall–Kier alpha value is -0.880. The van der Waals surface area contributed by atoms with Crippen molar-refractivity contribution in [2.24, 2.45) is 29.6 Å². The molecule has 0 radical (unpaired) electrons. The summed E-state index contributed by atoms with van der Waals surface area (Å²) in [6, 6.07) is 0. The third kappa shape index (κ3) is 4.59. The Kier molecular flexibility index (Phi) is 6.04. The van der Waals surface area contributed by atoms with Gasteiger partial charge < -0.3 is 0 Å². The zero-order valence-corrected chi connectivity index (χ0v) is 13.5. The summed E-state index contributed by atoms with van der Waals surface area (Å²) in [6.45, 7) is 6.65. The van der Waals surface area contributed by atoms with Crippen LogP contribution in [-0.4, -0.2) is 0 Å². The summed E-state index contributed by atoms with van der Waals surface area (Å²) in [5.41, 5.74) is 0. The minimum atomic E-state index is 0.595. The fourth-order valence-corrected chi connectivity index (χ4v) is 4.05. The van der Waals surface area contributed by atoms with Gasteiger partial charge in [-0.1, -0.05) is 57.8 Å². The summed E-state index contributed by atoms with van der Waals surface area (Å²) in [5, 5.41) is 0. The summed E-state index contributed by atoms with van der Waals surface area (Å²) in [5.74, 6) is 16.5. The lowest BCUT2D eigenvalue weighted by Gasteiger charge is -2.35. The van der Waals surface area contributed by atoms with Crippen LogP contribution in [0.2, 0.25) is 0 Å². The molecule has 0 bridgehead atoms. The molecule has 0 nitrogen and oxygen atoms in total. The molecule has 2 saturated carbocycles. The Labute approximate surface area is 126 Å².